The highest BCUT2D eigenvalue weighted by Gasteiger charge is 2.29. The standard InChI is InChI=1S/C17H26N4O5/c1-3-25-16(23)13-5-9-21(10-6-13)15(22)14(11-18)12-19-7-8-20-17(24)26-4-2/h12-13,19H,3-10H2,1-2H3,(H,20,24)/b14-12-. The van der Waals surface area contributed by atoms with Gasteiger partial charge in [-0.15, -0.1) is 0 Å². The summed E-state index contributed by atoms with van der Waals surface area (Å²) >= 11 is 0. The van der Waals surface area contributed by atoms with Crippen LogP contribution in [0, 0.1) is 17.2 Å². The molecule has 0 unspecified atom stereocenters. The van der Waals surface area contributed by atoms with E-state index in [-0.39, 0.29) is 23.4 Å². The number of esters is 1. The van der Waals surface area contributed by atoms with Crippen molar-refractivity contribution in [2.45, 2.75) is 26.7 Å². The van der Waals surface area contributed by atoms with Crippen LogP contribution in [0.4, 0.5) is 4.79 Å². The van der Waals surface area contributed by atoms with Gasteiger partial charge in [-0.25, -0.2) is 4.79 Å². The topological polar surface area (TPSA) is 121 Å². The van der Waals surface area contributed by atoms with Crippen molar-refractivity contribution < 1.29 is 23.9 Å². The third kappa shape index (κ3) is 7.01. The highest BCUT2D eigenvalue weighted by molar-refractivity contribution is 5.97. The number of hydrogen-bond donors (Lipinski definition) is 2. The second-order valence-corrected chi connectivity index (χ2v) is 5.59. The number of carbonyl (C=O) groups is 3. The Morgan fingerprint density at radius 1 is 1.15 bits per heavy atom. The molecule has 1 rings (SSSR count). The van der Waals surface area contributed by atoms with Gasteiger partial charge in [-0.2, -0.15) is 5.26 Å². The molecule has 0 saturated carbocycles. The van der Waals surface area contributed by atoms with Crippen LogP contribution in [0.2, 0.25) is 0 Å². The van der Waals surface area contributed by atoms with Gasteiger partial charge in [-0.1, -0.05) is 0 Å². The fourth-order valence-corrected chi connectivity index (χ4v) is 2.48. The fraction of sp³-hybridized carbons (Fsp3) is 0.647. The van der Waals surface area contributed by atoms with Gasteiger partial charge in [0, 0.05) is 32.4 Å². The molecule has 9 heteroatoms. The summed E-state index contributed by atoms with van der Waals surface area (Å²) in [5, 5.41) is 14.5. The second-order valence-electron chi connectivity index (χ2n) is 5.59. The van der Waals surface area contributed by atoms with Crippen LogP contribution in [0.15, 0.2) is 11.8 Å². The van der Waals surface area contributed by atoms with Crippen LogP contribution in [0.3, 0.4) is 0 Å². The van der Waals surface area contributed by atoms with Gasteiger partial charge < -0.3 is 25.0 Å². The maximum Gasteiger partial charge on any atom is 0.407 e. The summed E-state index contributed by atoms with van der Waals surface area (Å²) < 4.78 is 9.71. The fourth-order valence-electron chi connectivity index (χ4n) is 2.48. The Kier molecular flexibility index (Phi) is 9.61. The lowest BCUT2D eigenvalue weighted by molar-refractivity contribution is -0.150. The van der Waals surface area contributed by atoms with Crippen molar-refractivity contribution in [3.8, 4) is 6.07 Å². The number of nitrogens with zero attached hydrogens (tertiary/aromatic N) is 2. The Morgan fingerprint density at radius 2 is 1.81 bits per heavy atom. The first kappa shape index (κ1) is 21.3. The van der Waals surface area contributed by atoms with Crippen LogP contribution in [0.1, 0.15) is 26.7 Å². The quantitative estimate of drug-likeness (QED) is 0.278. The van der Waals surface area contributed by atoms with Gasteiger partial charge in [0.2, 0.25) is 0 Å². The van der Waals surface area contributed by atoms with E-state index in [0.29, 0.717) is 52.2 Å². The third-order valence-corrected chi connectivity index (χ3v) is 3.81. The molecule has 0 spiro atoms. The lowest BCUT2D eigenvalue weighted by atomic mass is 9.96. The molecule has 1 saturated heterocycles. The predicted molar refractivity (Wildman–Crippen MR) is 92.7 cm³/mol. The molecule has 0 aromatic carbocycles. The van der Waals surface area contributed by atoms with Crippen molar-refractivity contribution in [1.82, 2.24) is 15.5 Å². The average Bonchev–Trinajstić information content (AvgIpc) is 2.64. The number of alkyl carbamates (subject to hydrolysis) is 1. The maximum atomic E-state index is 12.4. The number of carbonyl (C=O) groups excluding carboxylic acids is 3. The molecule has 0 atom stereocenters. The van der Waals surface area contributed by atoms with E-state index in [1.165, 1.54) is 6.20 Å². The summed E-state index contributed by atoms with van der Waals surface area (Å²) in [5.41, 5.74) is -0.0179. The van der Waals surface area contributed by atoms with Crippen LogP contribution in [0.25, 0.3) is 0 Å². The Labute approximate surface area is 153 Å². The predicted octanol–water partition coefficient (Wildman–Crippen LogP) is 0.531. The van der Waals surface area contributed by atoms with Gasteiger partial charge in [-0.3, -0.25) is 9.59 Å². The van der Waals surface area contributed by atoms with E-state index in [0.717, 1.165) is 0 Å². The molecule has 2 amide bonds. The largest absolute Gasteiger partial charge is 0.466 e. The van der Waals surface area contributed by atoms with Gasteiger partial charge in [0.05, 0.1) is 19.1 Å². The zero-order valence-corrected chi connectivity index (χ0v) is 15.2. The normalized spacial score (nSPS) is 15.0. The molecular weight excluding hydrogens is 340 g/mol. The van der Waals surface area contributed by atoms with E-state index in [2.05, 4.69) is 10.6 Å². The molecule has 1 aliphatic heterocycles. The third-order valence-electron chi connectivity index (χ3n) is 3.81. The number of ether oxygens (including phenoxy) is 2. The Balaban J connectivity index is 2.40. The van der Waals surface area contributed by atoms with Crippen LogP contribution in [-0.2, 0) is 19.1 Å². The number of amides is 2. The van der Waals surface area contributed by atoms with E-state index in [4.69, 9.17) is 9.47 Å². The number of hydrogen-bond acceptors (Lipinski definition) is 7. The van der Waals surface area contributed by atoms with Gasteiger partial charge in [0.25, 0.3) is 5.91 Å². The smallest absolute Gasteiger partial charge is 0.407 e. The molecule has 0 aliphatic carbocycles. The van der Waals surface area contributed by atoms with Gasteiger partial charge >= 0.3 is 12.1 Å². The maximum absolute atomic E-state index is 12.4. The Morgan fingerprint density at radius 3 is 2.38 bits per heavy atom. The van der Waals surface area contributed by atoms with Crippen molar-refractivity contribution in [3.63, 3.8) is 0 Å². The zero-order chi connectivity index (χ0) is 19.4. The number of nitrogens with one attached hydrogen (secondary N) is 2. The van der Waals surface area contributed by atoms with Crippen molar-refractivity contribution >= 4 is 18.0 Å². The number of nitriles is 1. The van der Waals surface area contributed by atoms with Crippen LogP contribution < -0.4 is 10.6 Å². The average molecular weight is 366 g/mol. The molecule has 0 bridgehead atoms. The molecule has 26 heavy (non-hydrogen) atoms. The lowest BCUT2D eigenvalue weighted by Gasteiger charge is -2.30. The first-order valence-electron chi connectivity index (χ1n) is 8.73. The molecule has 2 N–H and O–H groups in total. The summed E-state index contributed by atoms with van der Waals surface area (Å²) in [6.07, 6.45) is 1.88. The van der Waals surface area contributed by atoms with E-state index in [1.807, 2.05) is 6.07 Å². The minimum Gasteiger partial charge on any atom is -0.466 e. The highest BCUT2D eigenvalue weighted by atomic mass is 16.5. The molecule has 0 radical (unpaired) electrons. The first-order chi connectivity index (χ1) is 12.5. The summed E-state index contributed by atoms with van der Waals surface area (Å²) in [6.45, 7) is 5.57. The first-order valence-corrected chi connectivity index (χ1v) is 8.73. The SMILES string of the molecule is CCOC(=O)NCCN/C=C(/C#N)C(=O)N1CCC(C(=O)OCC)CC1. The van der Waals surface area contributed by atoms with Gasteiger partial charge in [0.15, 0.2) is 0 Å². The number of piperidine rings is 1. The number of likely N-dealkylation sites (tertiary alicyclic amines) is 1. The molecule has 1 aliphatic rings. The van der Waals surface area contributed by atoms with Crippen molar-refractivity contribution in [2.75, 3.05) is 39.4 Å². The monoisotopic (exact) mass is 366 g/mol. The van der Waals surface area contributed by atoms with E-state index in [9.17, 15) is 19.6 Å². The van der Waals surface area contributed by atoms with Crippen molar-refractivity contribution in [3.05, 3.63) is 11.8 Å². The second kappa shape index (κ2) is 11.7. The molecule has 0 aromatic heterocycles. The molecule has 1 heterocycles. The zero-order valence-electron chi connectivity index (χ0n) is 15.2. The Bertz CT molecular complexity index is 562. The van der Waals surface area contributed by atoms with E-state index < -0.39 is 6.09 Å². The molecular formula is C17H26N4O5. The van der Waals surface area contributed by atoms with Crippen molar-refractivity contribution in [1.29, 1.82) is 5.26 Å². The minimum atomic E-state index is -0.515. The van der Waals surface area contributed by atoms with Crippen LogP contribution in [-0.4, -0.2) is 62.3 Å². The summed E-state index contributed by atoms with van der Waals surface area (Å²) in [6, 6.07) is 1.88. The lowest BCUT2D eigenvalue weighted by Crippen LogP contribution is -2.41. The number of rotatable bonds is 8. The summed E-state index contributed by atoms with van der Waals surface area (Å²) in [5.74, 6) is -0.798. The van der Waals surface area contributed by atoms with Gasteiger partial charge in [0.1, 0.15) is 11.6 Å². The van der Waals surface area contributed by atoms with E-state index in [1.54, 1.807) is 18.7 Å². The Hall–Kier alpha value is -2.76. The summed E-state index contributed by atoms with van der Waals surface area (Å²) in [4.78, 5) is 36.8. The molecule has 1 fully saturated rings. The molecule has 0 aromatic rings. The van der Waals surface area contributed by atoms with Crippen LogP contribution >= 0.6 is 0 Å². The molecule has 9 nitrogen and oxygen atoms in total. The molecule has 144 valence electrons. The van der Waals surface area contributed by atoms with Crippen molar-refractivity contribution in [2.24, 2.45) is 5.92 Å². The van der Waals surface area contributed by atoms with E-state index >= 15 is 0 Å². The summed E-state index contributed by atoms with van der Waals surface area (Å²) in [7, 11) is 0. The van der Waals surface area contributed by atoms with Crippen LogP contribution in [0.5, 0.6) is 0 Å². The highest BCUT2D eigenvalue weighted by Crippen LogP contribution is 2.19. The minimum absolute atomic E-state index is 0.0179. The van der Waals surface area contributed by atoms with Gasteiger partial charge in [-0.05, 0) is 26.7 Å².